The Bertz CT molecular complexity index is 1340. The van der Waals surface area contributed by atoms with Gasteiger partial charge in [0.15, 0.2) is 0 Å². The van der Waals surface area contributed by atoms with Crippen molar-refractivity contribution in [1.29, 1.82) is 0 Å². The van der Waals surface area contributed by atoms with Crippen LogP contribution in [0, 0.1) is 6.92 Å². The molecule has 3 aromatic heterocycles. The van der Waals surface area contributed by atoms with Crippen LogP contribution < -0.4 is 4.90 Å². The fourth-order valence-corrected chi connectivity index (χ4v) is 4.27. The topological polar surface area (TPSA) is 88.2 Å². The zero-order valence-corrected chi connectivity index (χ0v) is 17.9. The van der Waals surface area contributed by atoms with Gasteiger partial charge in [0.05, 0.1) is 7.11 Å². The standard InChI is InChI=1S/C25H22N4O3/c1-15-12-27-24-20(11-21(28-24)25(31)32-2)23(15)18-10-17(13-26-14-18)16-5-7-19(8-6-16)29-9-3-4-22(29)30/h5-8,10-14H,3-4,9H2,1-2H3,(H,27,28). The van der Waals surface area contributed by atoms with Crippen molar-refractivity contribution < 1.29 is 14.3 Å². The Balaban J connectivity index is 1.54. The Morgan fingerprint density at radius 1 is 1.06 bits per heavy atom. The Hall–Kier alpha value is -4.00. The maximum absolute atomic E-state index is 12.0. The number of hydrogen-bond donors (Lipinski definition) is 1. The summed E-state index contributed by atoms with van der Waals surface area (Å²) in [5.41, 5.74) is 6.77. The first-order valence-corrected chi connectivity index (χ1v) is 10.5. The third-order valence-electron chi connectivity index (χ3n) is 5.87. The second kappa shape index (κ2) is 7.92. The second-order valence-electron chi connectivity index (χ2n) is 7.91. The molecule has 0 spiro atoms. The Morgan fingerprint density at radius 3 is 2.56 bits per heavy atom. The molecular weight excluding hydrogens is 404 g/mol. The van der Waals surface area contributed by atoms with Gasteiger partial charge >= 0.3 is 5.97 Å². The first-order valence-electron chi connectivity index (χ1n) is 10.5. The van der Waals surface area contributed by atoms with Crippen LogP contribution in [-0.2, 0) is 9.53 Å². The van der Waals surface area contributed by atoms with Gasteiger partial charge < -0.3 is 14.6 Å². The number of nitrogens with one attached hydrogen (secondary N) is 1. The van der Waals surface area contributed by atoms with Gasteiger partial charge in [-0.2, -0.15) is 0 Å². The average molecular weight is 426 g/mol. The molecule has 1 aromatic carbocycles. The van der Waals surface area contributed by atoms with Crippen molar-refractivity contribution in [3.8, 4) is 22.3 Å². The molecule has 4 aromatic rings. The monoisotopic (exact) mass is 426 g/mol. The van der Waals surface area contributed by atoms with E-state index in [1.165, 1.54) is 7.11 Å². The van der Waals surface area contributed by atoms with Crippen LogP contribution in [0.1, 0.15) is 28.9 Å². The molecule has 1 aliphatic rings. The van der Waals surface area contributed by atoms with E-state index in [4.69, 9.17) is 4.74 Å². The molecule has 1 fully saturated rings. The quantitative estimate of drug-likeness (QED) is 0.485. The Kier molecular flexibility index (Phi) is 4.93. The molecule has 4 heterocycles. The van der Waals surface area contributed by atoms with Crippen molar-refractivity contribution in [1.82, 2.24) is 15.0 Å². The predicted octanol–water partition coefficient (Wildman–Crippen LogP) is 4.51. The summed E-state index contributed by atoms with van der Waals surface area (Å²) < 4.78 is 4.84. The van der Waals surface area contributed by atoms with Crippen LogP contribution in [0.2, 0.25) is 0 Å². The number of aromatic nitrogens is 3. The molecular formula is C25H22N4O3. The number of anilines is 1. The molecule has 0 unspecified atom stereocenters. The molecule has 0 radical (unpaired) electrons. The maximum Gasteiger partial charge on any atom is 0.354 e. The van der Waals surface area contributed by atoms with Crippen molar-refractivity contribution >= 4 is 28.6 Å². The molecule has 0 aliphatic carbocycles. The molecule has 1 amide bonds. The zero-order valence-electron chi connectivity index (χ0n) is 17.9. The summed E-state index contributed by atoms with van der Waals surface area (Å²) in [6.07, 6.45) is 6.94. The highest BCUT2D eigenvalue weighted by Gasteiger charge is 2.21. The summed E-state index contributed by atoms with van der Waals surface area (Å²) in [5, 5.41) is 0.840. The van der Waals surface area contributed by atoms with Crippen LogP contribution >= 0.6 is 0 Å². The van der Waals surface area contributed by atoms with E-state index >= 15 is 0 Å². The molecule has 0 saturated carbocycles. The molecule has 0 atom stereocenters. The molecule has 32 heavy (non-hydrogen) atoms. The van der Waals surface area contributed by atoms with Crippen LogP contribution in [0.4, 0.5) is 5.69 Å². The lowest BCUT2D eigenvalue weighted by Crippen LogP contribution is -2.23. The number of nitrogens with zero attached hydrogens (tertiary/aromatic N) is 3. The van der Waals surface area contributed by atoms with E-state index < -0.39 is 5.97 Å². The van der Waals surface area contributed by atoms with Crippen LogP contribution in [0.15, 0.2) is 55.0 Å². The number of amides is 1. The van der Waals surface area contributed by atoms with Crippen LogP contribution in [0.25, 0.3) is 33.3 Å². The number of hydrogen-bond acceptors (Lipinski definition) is 5. The summed E-state index contributed by atoms with van der Waals surface area (Å²) in [4.78, 5) is 37.7. The summed E-state index contributed by atoms with van der Waals surface area (Å²) in [5.74, 6) is -0.258. The lowest BCUT2D eigenvalue weighted by molar-refractivity contribution is -0.117. The number of pyridine rings is 2. The number of rotatable bonds is 4. The number of esters is 1. The average Bonchev–Trinajstić information content (AvgIpc) is 3.45. The highest BCUT2D eigenvalue weighted by molar-refractivity contribution is 6.01. The molecule has 1 aliphatic heterocycles. The lowest BCUT2D eigenvalue weighted by Gasteiger charge is -2.16. The van der Waals surface area contributed by atoms with Crippen LogP contribution in [-0.4, -0.2) is 40.5 Å². The lowest BCUT2D eigenvalue weighted by atomic mass is 9.97. The summed E-state index contributed by atoms with van der Waals surface area (Å²) in [6.45, 7) is 2.76. The van der Waals surface area contributed by atoms with Gasteiger partial charge in [0.2, 0.25) is 5.91 Å². The van der Waals surface area contributed by atoms with E-state index in [0.717, 1.165) is 51.9 Å². The molecule has 160 valence electrons. The SMILES string of the molecule is COC(=O)c1cc2c(-c3cncc(-c4ccc(N5CCCC5=O)cc4)c3)c(C)cnc2[nH]1. The number of aryl methyl sites for hydroxylation is 1. The smallest absolute Gasteiger partial charge is 0.354 e. The van der Waals surface area contributed by atoms with Gasteiger partial charge in [-0.05, 0) is 54.3 Å². The Morgan fingerprint density at radius 2 is 1.84 bits per heavy atom. The minimum absolute atomic E-state index is 0.177. The van der Waals surface area contributed by atoms with Gasteiger partial charge in [-0.1, -0.05) is 12.1 Å². The fourth-order valence-electron chi connectivity index (χ4n) is 4.27. The van der Waals surface area contributed by atoms with Crippen molar-refractivity contribution in [2.45, 2.75) is 19.8 Å². The number of carbonyl (C=O) groups excluding carboxylic acids is 2. The van der Waals surface area contributed by atoms with Gasteiger partial charge in [-0.15, -0.1) is 0 Å². The van der Waals surface area contributed by atoms with E-state index in [2.05, 4.69) is 21.0 Å². The van der Waals surface area contributed by atoms with Crippen molar-refractivity contribution in [3.05, 3.63) is 66.2 Å². The molecule has 0 bridgehead atoms. The molecule has 1 N–H and O–H groups in total. The largest absolute Gasteiger partial charge is 0.464 e. The number of aromatic amines is 1. The molecule has 1 saturated heterocycles. The number of benzene rings is 1. The van der Waals surface area contributed by atoms with Crippen molar-refractivity contribution in [2.75, 3.05) is 18.6 Å². The first kappa shape index (κ1) is 19.9. The van der Waals surface area contributed by atoms with E-state index in [0.29, 0.717) is 17.8 Å². The third-order valence-corrected chi connectivity index (χ3v) is 5.87. The van der Waals surface area contributed by atoms with Gasteiger partial charge in [0.1, 0.15) is 11.3 Å². The fraction of sp³-hybridized carbons (Fsp3) is 0.200. The molecule has 7 nitrogen and oxygen atoms in total. The number of carbonyl (C=O) groups is 2. The summed E-state index contributed by atoms with van der Waals surface area (Å²) in [6, 6.07) is 11.8. The minimum Gasteiger partial charge on any atom is -0.464 e. The van der Waals surface area contributed by atoms with Crippen LogP contribution in [0.3, 0.4) is 0 Å². The molecule has 5 rings (SSSR count). The summed E-state index contributed by atoms with van der Waals surface area (Å²) >= 11 is 0. The molecule has 7 heteroatoms. The van der Waals surface area contributed by atoms with E-state index in [-0.39, 0.29) is 5.91 Å². The van der Waals surface area contributed by atoms with Gasteiger partial charge in [-0.3, -0.25) is 9.78 Å². The van der Waals surface area contributed by atoms with Gasteiger partial charge in [0.25, 0.3) is 0 Å². The number of ether oxygens (including phenoxy) is 1. The zero-order chi connectivity index (χ0) is 22.2. The van der Waals surface area contributed by atoms with Gasteiger partial charge in [-0.25, -0.2) is 9.78 Å². The maximum atomic E-state index is 12.0. The van der Waals surface area contributed by atoms with Crippen LogP contribution in [0.5, 0.6) is 0 Å². The minimum atomic E-state index is -0.435. The normalized spacial score (nSPS) is 13.7. The predicted molar refractivity (Wildman–Crippen MR) is 122 cm³/mol. The summed E-state index contributed by atoms with van der Waals surface area (Å²) in [7, 11) is 1.35. The number of fused-ring (bicyclic) bond motifs is 1. The highest BCUT2D eigenvalue weighted by atomic mass is 16.5. The van der Waals surface area contributed by atoms with Crippen molar-refractivity contribution in [3.63, 3.8) is 0 Å². The third kappa shape index (κ3) is 3.41. The second-order valence-corrected chi connectivity index (χ2v) is 7.91. The van der Waals surface area contributed by atoms with E-state index in [1.807, 2.05) is 48.5 Å². The van der Waals surface area contributed by atoms with Crippen molar-refractivity contribution in [2.24, 2.45) is 0 Å². The highest BCUT2D eigenvalue weighted by Crippen LogP contribution is 2.34. The first-order chi connectivity index (χ1) is 15.5. The number of methoxy groups -OCH3 is 1. The van der Waals surface area contributed by atoms with Gasteiger partial charge in [0, 0.05) is 53.8 Å². The Labute approximate surface area is 185 Å². The van der Waals surface area contributed by atoms with E-state index in [9.17, 15) is 9.59 Å². The van der Waals surface area contributed by atoms with E-state index in [1.54, 1.807) is 12.3 Å². The number of H-pyrrole nitrogens is 1.